The molecule has 4 aromatic rings. The normalized spacial score (nSPS) is 17.5. The molecule has 3 atom stereocenters. The second-order valence-electron chi connectivity index (χ2n) is 9.30. The number of carbonyl (C=O) groups excluding carboxylic acids is 1. The van der Waals surface area contributed by atoms with E-state index in [0.717, 1.165) is 27.8 Å². The third-order valence-electron chi connectivity index (χ3n) is 7.14. The Morgan fingerprint density at radius 1 is 0.973 bits per heavy atom. The van der Waals surface area contributed by atoms with E-state index in [9.17, 15) is 9.18 Å². The quantitative estimate of drug-likeness (QED) is 0.298. The van der Waals surface area contributed by atoms with E-state index in [1.54, 1.807) is 13.2 Å². The zero-order valence-electron chi connectivity index (χ0n) is 21.2. The molecule has 0 radical (unpaired) electrons. The lowest BCUT2D eigenvalue weighted by molar-refractivity contribution is 0.0596. The Morgan fingerprint density at radius 3 is 2.49 bits per heavy atom. The van der Waals surface area contributed by atoms with Gasteiger partial charge < -0.3 is 19.5 Å². The number of carbonyl (C=O) groups is 1. The van der Waals surface area contributed by atoms with E-state index in [-0.39, 0.29) is 23.9 Å². The summed E-state index contributed by atoms with van der Waals surface area (Å²) in [6.45, 7) is 2.67. The van der Waals surface area contributed by atoms with Crippen molar-refractivity contribution in [2.24, 2.45) is 0 Å². The van der Waals surface area contributed by atoms with Gasteiger partial charge in [-0.15, -0.1) is 0 Å². The standard InChI is InChI=1S/C31H30FNO4/c1-19(21-15-16-28(32)23-10-5-4-9-22(21)23)33-18-20-17-27(24-11-6-7-14-29(24)37-20)25-12-8-13-26(30(25)35-2)31(34)36-3/h4-16,19-20,27,33H,17-18H2,1-3H3/t19?,20-,27+/m1/s1. The predicted molar refractivity (Wildman–Crippen MR) is 142 cm³/mol. The summed E-state index contributed by atoms with van der Waals surface area (Å²) in [5.41, 5.74) is 3.41. The minimum atomic E-state index is -0.433. The van der Waals surface area contributed by atoms with Gasteiger partial charge in [-0.2, -0.15) is 0 Å². The molecule has 5 nitrogen and oxygen atoms in total. The van der Waals surface area contributed by atoms with Gasteiger partial charge in [0.15, 0.2) is 0 Å². The largest absolute Gasteiger partial charge is 0.496 e. The van der Waals surface area contributed by atoms with Gasteiger partial charge in [0.05, 0.1) is 14.2 Å². The molecule has 5 rings (SSSR count). The Hall–Kier alpha value is -3.90. The van der Waals surface area contributed by atoms with Gasteiger partial charge in [0.2, 0.25) is 0 Å². The molecular formula is C31H30FNO4. The highest BCUT2D eigenvalue weighted by atomic mass is 19.1. The maximum atomic E-state index is 14.3. The molecule has 1 aliphatic heterocycles. The molecule has 1 N–H and O–H groups in total. The van der Waals surface area contributed by atoms with Crippen LogP contribution in [0.1, 0.15) is 52.4 Å². The second kappa shape index (κ2) is 10.6. The molecule has 0 bridgehead atoms. The molecule has 1 unspecified atom stereocenters. The van der Waals surface area contributed by atoms with Crippen molar-refractivity contribution in [3.63, 3.8) is 0 Å². The summed E-state index contributed by atoms with van der Waals surface area (Å²) in [4.78, 5) is 12.4. The van der Waals surface area contributed by atoms with E-state index >= 15 is 0 Å². The van der Waals surface area contributed by atoms with Crippen LogP contribution >= 0.6 is 0 Å². The fourth-order valence-corrected chi connectivity index (χ4v) is 5.32. The van der Waals surface area contributed by atoms with Crippen molar-refractivity contribution in [3.05, 3.63) is 107 Å². The van der Waals surface area contributed by atoms with Crippen LogP contribution in [0.25, 0.3) is 10.8 Å². The number of para-hydroxylation sites is 2. The van der Waals surface area contributed by atoms with E-state index < -0.39 is 5.97 Å². The fraction of sp³-hybridized carbons (Fsp3) is 0.258. The molecule has 0 fully saturated rings. The van der Waals surface area contributed by atoms with Crippen molar-refractivity contribution >= 4 is 16.7 Å². The first-order valence-electron chi connectivity index (χ1n) is 12.4. The van der Waals surface area contributed by atoms with Crippen LogP contribution in [0.5, 0.6) is 11.5 Å². The molecule has 6 heteroatoms. The van der Waals surface area contributed by atoms with E-state index in [0.29, 0.717) is 29.7 Å². The average Bonchev–Trinajstić information content (AvgIpc) is 2.95. The summed E-state index contributed by atoms with van der Waals surface area (Å²) in [6, 6.07) is 24.5. The summed E-state index contributed by atoms with van der Waals surface area (Å²) in [5.74, 6) is 0.658. The molecule has 0 aliphatic carbocycles. The van der Waals surface area contributed by atoms with Crippen molar-refractivity contribution in [2.45, 2.75) is 31.4 Å². The van der Waals surface area contributed by atoms with Gasteiger partial charge in [0.1, 0.15) is 29.0 Å². The summed E-state index contributed by atoms with van der Waals surface area (Å²) >= 11 is 0. The van der Waals surface area contributed by atoms with Crippen LogP contribution in [-0.2, 0) is 4.74 Å². The zero-order valence-corrected chi connectivity index (χ0v) is 21.2. The van der Waals surface area contributed by atoms with E-state index in [4.69, 9.17) is 14.2 Å². The number of halogens is 1. The lowest BCUT2D eigenvalue weighted by Gasteiger charge is -2.34. The zero-order chi connectivity index (χ0) is 25.9. The lowest BCUT2D eigenvalue weighted by Crippen LogP contribution is -2.37. The number of methoxy groups -OCH3 is 2. The fourth-order valence-electron chi connectivity index (χ4n) is 5.32. The van der Waals surface area contributed by atoms with Crippen molar-refractivity contribution in [1.82, 2.24) is 5.32 Å². The first-order chi connectivity index (χ1) is 18.0. The number of benzene rings is 4. The van der Waals surface area contributed by atoms with Crippen molar-refractivity contribution in [2.75, 3.05) is 20.8 Å². The summed E-state index contributed by atoms with van der Waals surface area (Å²) in [7, 11) is 2.94. The maximum Gasteiger partial charge on any atom is 0.341 e. The van der Waals surface area contributed by atoms with Crippen LogP contribution in [-0.4, -0.2) is 32.8 Å². The number of fused-ring (bicyclic) bond motifs is 2. The molecule has 37 heavy (non-hydrogen) atoms. The van der Waals surface area contributed by atoms with Gasteiger partial charge in [-0.3, -0.25) is 0 Å². The average molecular weight is 500 g/mol. The third-order valence-corrected chi connectivity index (χ3v) is 7.14. The molecule has 190 valence electrons. The Kier molecular flexibility index (Phi) is 7.10. The summed E-state index contributed by atoms with van der Waals surface area (Å²) < 4.78 is 31.4. The van der Waals surface area contributed by atoms with Gasteiger partial charge in [-0.25, -0.2) is 9.18 Å². The summed E-state index contributed by atoms with van der Waals surface area (Å²) in [6.07, 6.45) is 0.572. The van der Waals surface area contributed by atoms with E-state index in [1.807, 2.05) is 60.7 Å². The lowest BCUT2D eigenvalue weighted by atomic mass is 9.83. The molecular weight excluding hydrogens is 469 g/mol. The van der Waals surface area contributed by atoms with E-state index in [1.165, 1.54) is 13.2 Å². The monoisotopic (exact) mass is 499 g/mol. The highest BCUT2D eigenvalue weighted by Gasteiger charge is 2.32. The molecule has 1 heterocycles. The Labute approximate surface area is 216 Å². The molecule has 0 saturated carbocycles. The Morgan fingerprint density at radius 2 is 1.70 bits per heavy atom. The van der Waals surface area contributed by atoms with Gasteiger partial charge in [0, 0.05) is 35.0 Å². The highest BCUT2D eigenvalue weighted by Crippen LogP contribution is 2.44. The third kappa shape index (κ3) is 4.77. The number of esters is 1. The van der Waals surface area contributed by atoms with E-state index in [2.05, 4.69) is 18.3 Å². The predicted octanol–water partition coefficient (Wildman–Crippen LogP) is 6.41. The highest BCUT2D eigenvalue weighted by molar-refractivity contribution is 5.93. The molecule has 0 amide bonds. The van der Waals surface area contributed by atoms with Crippen LogP contribution in [0.3, 0.4) is 0 Å². The van der Waals surface area contributed by atoms with Crippen LogP contribution in [0.4, 0.5) is 4.39 Å². The number of ether oxygens (including phenoxy) is 3. The first kappa shape index (κ1) is 24.8. The smallest absolute Gasteiger partial charge is 0.341 e. The topological polar surface area (TPSA) is 56.8 Å². The Bertz CT molecular complexity index is 1440. The van der Waals surface area contributed by atoms with Gasteiger partial charge in [-0.05, 0) is 42.5 Å². The molecule has 0 aromatic heterocycles. The van der Waals surface area contributed by atoms with Crippen LogP contribution in [0.2, 0.25) is 0 Å². The Balaban J connectivity index is 1.42. The molecule has 0 saturated heterocycles. The molecule has 0 spiro atoms. The van der Waals surface area contributed by atoms with Gasteiger partial charge in [0.25, 0.3) is 0 Å². The van der Waals surface area contributed by atoms with Crippen LogP contribution in [0, 0.1) is 5.82 Å². The number of hydrogen-bond donors (Lipinski definition) is 1. The minimum absolute atomic E-state index is 0.0121. The van der Waals surface area contributed by atoms with Crippen LogP contribution < -0.4 is 14.8 Å². The molecule has 1 aliphatic rings. The van der Waals surface area contributed by atoms with Crippen molar-refractivity contribution in [1.29, 1.82) is 0 Å². The summed E-state index contributed by atoms with van der Waals surface area (Å²) in [5, 5.41) is 5.12. The maximum absolute atomic E-state index is 14.3. The SMILES string of the molecule is COC(=O)c1cccc([C@H]2C[C@H](CNC(C)c3ccc(F)c4ccccc34)Oc3ccccc32)c1OC. The molecule has 4 aromatic carbocycles. The number of rotatable bonds is 7. The van der Waals surface area contributed by atoms with Crippen molar-refractivity contribution in [3.8, 4) is 11.5 Å². The first-order valence-corrected chi connectivity index (χ1v) is 12.4. The second-order valence-corrected chi connectivity index (χ2v) is 9.30. The minimum Gasteiger partial charge on any atom is -0.496 e. The van der Waals surface area contributed by atoms with Crippen LogP contribution in [0.15, 0.2) is 78.9 Å². The number of hydrogen-bond acceptors (Lipinski definition) is 5. The number of nitrogens with one attached hydrogen (secondary N) is 1. The van der Waals surface area contributed by atoms with Gasteiger partial charge in [-0.1, -0.05) is 60.7 Å². The van der Waals surface area contributed by atoms with Gasteiger partial charge >= 0.3 is 5.97 Å². The van der Waals surface area contributed by atoms with Crippen molar-refractivity contribution < 1.29 is 23.4 Å².